The van der Waals surface area contributed by atoms with Crippen LogP contribution in [0.2, 0.25) is 0 Å². The summed E-state index contributed by atoms with van der Waals surface area (Å²) < 4.78 is 5.63. The first kappa shape index (κ1) is 20.0. The van der Waals surface area contributed by atoms with Gasteiger partial charge in [-0.2, -0.15) is 0 Å². The zero-order chi connectivity index (χ0) is 18.8. The van der Waals surface area contributed by atoms with Crippen molar-refractivity contribution in [2.75, 3.05) is 52.9 Å². The fourth-order valence-corrected chi connectivity index (χ4v) is 2.78. The third kappa shape index (κ3) is 6.87. The topological polar surface area (TPSA) is 82.1 Å². The molecule has 8 heteroatoms. The molecular weight excluding hydrogens is 332 g/mol. The summed E-state index contributed by atoms with van der Waals surface area (Å²) in [7, 11) is 1.78. The predicted octanol–water partition coefficient (Wildman–Crippen LogP) is 0.178. The van der Waals surface area contributed by atoms with Crippen molar-refractivity contribution in [3.63, 3.8) is 0 Å². The average Bonchev–Trinajstić information content (AvgIpc) is 2.63. The van der Waals surface area contributed by atoms with Crippen LogP contribution in [0.1, 0.15) is 13.8 Å². The highest BCUT2D eigenvalue weighted by molar-refractivity contribution is 5.80. The summed E-state index contributed by atoms with van der Waals surface area (Å²) in [5, 5.41) is 6.26. The molecule has 1 amide bonds. The second kappa shape index (κ2) is 10.6. The number of pyridine rings is 1. The molecule has 0 aromatic carbocycles. The van der Waals surface area contributed by atoms with Crippen molar-refractivity contribution in [3.8, 4) is 5.75 Å². The van der Waals surface area contributed by atoms with E-state index in [4.69, 9.17) is 4.74 Å². The number of hydrogen-bond acceptors (Lipinski definition) is 5. The van der Waals surface area contributed by atoms with Gasteiger partial charge in [-0.15, -0.1) is 0 Å². The molecule has 1 fully saturated rings. The SMILES string of the molecule is CN=C(NCCOc1cccnc1)N1CCN(CC(=O)NC(C)C)CC1. The Labute approximate surface area is 155 Å². The highest BCUT2D eigenvalue weighted by atomic mass is 16.5. The third-order valence-electron chi connectivity index (χ3n) is 3.99. The Morgan fingerprint density at radius 1 is 1.35 bits per heavy atom. The van der Waals surface area contributed by atoms with Crippen LogP contribution in [0.4, 0.5) is 0 Å². The zero-order valence-electron chi connectivity index (χ0n) is 15.9. The number of carbonyl (C=O) groups is 1. The Kier molecular flexibility index (Phi) is 8.14. The molecule has 0 atom stereocenters. The van der Waals surface area contributed by atoms with E-state index < -0.39 is 0 Å². The minimum atomic E-state index is 0.0866. The van der Waals surface area contributed by atoms with E-state index in [1.165, 1.54) is 0 Å². The molecule has 0 bridgehead atoms. The number of ether oxygens (including phenoxy) is 1. The molecule has 0 radical (unpaired) electrons. The summed E-state index contributed by atoms with van der Waals surface area (Å²) in [6, 6.07) is 3.92. The van der Waals surface area contributed by atoms with Crippen LogP contribution in [-0.2, 0) is 4.79 Å². The van der Waals surface area contributed by atoms with Crippen LogP contribution in [0, 0.1) is 0 Å². The van der Waals surface area contributed by atoms with E-state index in [2.05, 4.69) is 30.4 Å². The second-order valence-corrected chi connectivity index (χ2v) is 6.50. The molecule has 1 aromatic heterocycles. The Bertz CT molecular complexity index is 570. The summed E-state index contributed by atoms with van der Waals surface area (Å²) in [4.78, 5) is 24.6. The maximum Gasteiger partial charge on any atom is 0.234 e. The van der Waals surface area contributed by atoms with Crippen LogP contribution in [0.25, 0.3) is 0 Å². The fourth-order valence-electron chi connectivity index (χ4n) is 2.78. The van der Waals surface area contributed by atoms with Gasteiger partial charge < -0.3 is 20.3 Å². The Morgan fingerprint density at radius 3 is 2.73 bits per heavy atom. The second-order valence-electron chi connectivity index (χ2n) is 6.50. The van der Waals surface area contributed by atoms with Gasteiger partial charge in [-0.1, -0.05) is 0 Å². The molecule has 0 unspecified atom stereocenters. The van der Waals surface area contributed by atoms with Crippen LogP contribution in [0.3, 0.4) is 0 Å². The fraction of sp³-hybridized carbons (Fsp3) is 0.611. The van der Waals surface area contributed by atoms with Crippen LogP contribution in [0.5, 0.6) is 5.75 Å². The van der Waals surface area contributed by atoms with Crippen LogP contribution in [-0.4, -0.2) is 85.6 Å². The molecule has 2 heterocycles. The van der Waals surface area contributed by atoms with Crippen LogP contribution < -0.4 is 15.4 Å². The molecule has 0 aliphatic carbocycles. The van der Waals surface area contributed by atoms with Gasteiger partial charge in [-0.05, 0) is 26.0 Å². The Balaban J connectivity index is 1.67. The van der Waals surface area contributed by atoms with Crippen molar-refractivity contribution >= 4 is 11.9 Å². The number of piperazine rings is 1. The van der Waals surface area contributed by atoms with E-state index >= 15 is 0 Å². The number of nitrogens with one attached hydrogen (secondary N) is 2. The van der Waals surface area contributed by atoms with Gasteiger partial charge in [-0.3, -0.25) is 19.7 Å². The lowest BCUT2D eigenvalue weighted by atomic mass is 10.3. The maximum absolute atomic E-state index is 11.9. The van der Waals surface area contributed by atoms with Gasteiger partial charge in [0, 0.05) is 45.5 Å². The van der Waals surface area contributed by atoms with E-state index in [0.717, 1.165) is 37.9 Å². The molecule has 144 valence electrons. The molecule has 2 rings (SSSR count). The van der Waals surface area contributed by atoms with Crippen LogP contribution in [0.15, 0.2) is 29.5 Å². The van der Waals surface area contributed by atoms with Gasteiger partial charge in [0.15, 0.2) is 5.96 Å². The normalized spacial score (nSPS) is 15.8. The number of hydrogen-bond donors (Lipinski definition) is 2. The molecule has 1 saturated heterocycles. The van der Waals surface area contributed by atoms with Gasteiger partial charge in [0.05, 0.1) is 19.3 Å². The van der Waals surface area contributed by atoms with Crippen molar-refractivity contribution in [1.82, 2.24) is 25.4 Å². The molecule has 0 saturated carbocycles. The number of guanidine groups is 1. The van der Waals surface area contributed by atoms with E-state index in [9.17, 15) is 4.79 Å². The van der Waals surface area contributed by atoms with Gasteiger partial charge in [0.2, 0.25) is 5.91 Å². The number of aliphatic imine (C=N–C) groups is 1. The lowest BCUT2D eigenvalue weighted by Gasteiger charge is -2.36. The molecule has 0 spiro atoms. The lowest BCUT2D eigenvalue weighted by molar-refractivity contribution is -0.123. The van der Waals surface area contributed by atoms with Gasteiger partial charge >= 0.3 is 0 Å². The minimum absolute atomic E-state index is 0.0866. The summed E-state index contributed by atoms with van der Waals surface area (Å²) in [5.41, 5.74) is 0. The minimum Gasteiger partial charge on any atom is -0.490 e. The first-order chi connectivity index (χ1) is 12.6. The monoisotopic (exact) mass is 362 g/mol. The first-order valence-electron chi connectivity index (χ1n) is 9.08. The van der Waals surface area contributed by atoms with E-state index in [1.807, 2.05) is 26.0 Å². The average molecular weight is 362 g/mol. The summed E-state index contributed by atoms with van der Waals surface area (Å²) >= 11 is 0. The Morgan fingerprint density at radius 2 is 2.12 bits per heavy atom. The summed E-state index contributed by atoms with van der Waals surface area (Å²) in [6.45, 7) is 9.00. The van der Waals surface area contributed by atoms with E-state index in [1.54, 1.807) is 19.4 Å². The third-order valence-corrected chi connectivity index (χ3v) is 3.99. The van der Waals surface area contributed by atoms with E-state index in [-0.39, 0.29) is 11.9 Å². The van der Waals surface area contributed by atoms with Gasteiger partial charge in [0.25, 0.3) is 0 Å². The van der Waals surface area contributed by atoms with Crippen LogP contribution >= 0.6 is 0 Å². The maximum atomic E-state index is 11.9. The van der Waals surface area contributed by atoms with Crippen molar-refractivity contribution in [3.05, 3.63) is 24.5 Å². The lowest BCUT2D eigenvalue weighted by Crippen LogP contribution is -2.54. The van der Waals surface area contributed by atoms with Crippen molar-refractivity contribution in [2.24, 2.45) is 4.99 Å². The summed E-state index contributed by atoms with van der Waals surface area (Å²) in [5.74, 6) is 1.71. The molecule has 1 aromatic rings. The largest absolute Gasteiger partial charge is 0.490 e. The number of carbonyl (C=O) groups excluding carboxylic acids is 1. The molecule has 1 aliphatic rings. The van der Waals surface area contributed by atoms with Crippen molar-refractivity contribution in [1.29, 1.82) is 0 Å². The van der Waals surface area contributed by atoms with Crippen molar-refractivity contribution < 1.29 is 9.53 Å². The molecular formula is C18H30N6O2. The highest BCUT2D eigenvalue weighted by Gasteiger charge is 2.21. The molecule has 8 nitrogen and oxygen atoms in total. The Hall–Kier alpha value is -2.35. The van der Waals surface area contributed by atoms with Gasteiger partial charge in [0.1, 0.15) is 12.4 Å². The molecule has 1 aliphatic heterocycles. The van der Waals surface area contributed by atoms with Gasteiger partial charge in [-0.25, -0.2) is 0 Å². The number of aromatic nitrogens is 1. The van der Waals surface area contributed by atoms with Crippen molar-refractivity contribution in [2.45, 2.75) is 19.9 Å². The number of rotatable bonds is 7. The molecule has 26 heavy (non-hydrogen) atoms. The zero-order valence-corrected chi connectivity index (χ0v) is 15.9. The molecule has 2 N–H and O–H groups in total. The smallest absolute Gasteiger partial charge is 0.234 e. The first-order valence-corrected chi connectivity index (χ1v) is 9.08. The predicted molar refractivity (Wildman–Crippen MR) is 102 cm³/mol. The number of amides is 1. The number of nitrogens with zero attached hydrogens (tertiary/aromatic N) is 4. The highest BCUT2D eigenvalue weighted by Crippen LogP contribution is 2.05. The summed E-state index contributed by atoms with van der Waals surface area (Å²) in [6.07, 6.45) is 3.42. The quantitative estimate of drug-likeness (QED) is 0.409. The standard InChI is InChI=1S/C18H30N6O2/c1-15(2)22-17(25)14-23-8-10-24(11-9-23)18(19-3)21-7-12-26-16-5-4-6-20-13-16/h4-6,13,15H,7-12,14H2,1-3H3,(H,19,21)(H,22,25). The van der Waals surface area contributed by atoms with E-state index in [0.29, 0.717) is 19.7 Å².